The molecule has 25 heavy (non-hydrogen) atoms. The molecule has 0 radical (unpaired) electrons. The number of para-hydroxylation sites is 1. The third-order valence-electron chi connectivity index (χ3n) is 3.90. The first-order chi connectivity index (χ1) is 11.9. The van der Waals surface area contributed by atoms with Crippen molar-refractivity contribution in [2.24, 2.45) is 0 Å². The summed E-state index contributed by atoms with van der Waals surface area (Å²) in [6, 6.07) is 11.1. The van der Waals surface area contributed by atoms with Gasteiger partial charge in [0, 0.05) is 22.7 Å². The van der Waals surface area contributed by atoms with Gasteiger partial charge in [0.05, 0.1) is 11.1 Å². The Bertz CT molecular complexity index is 1220. The fourth-order valence-electron chi connectivity index (χ4n) is 2.72. The Hall–Kier alpha value is -3.00. The van der Waals surface area contributed by atoms with Crippen LogP contribution in [-0.2, 0) is 9.84 Å². The Morgan fingerprint density at radius 1 is 1.12 bits per heavy atom. The summed E-state index contributed by atoms with van der Waals surface area (Å²) in [6.07, 6.45) is 2.75. The number of hydrogen-bond acceptors (Lipinski definition) is 5. The van der Waals surface area contributed by atoms with E-state index in [4.69, 9.17) is 0 Å². The van der Waals surface area contributed by atoms with Gasteiger partial charge in [-0.2, -0.15) is 5.10 Å². The van der Waals surface area contributed by atoms with Gasteiger partial charge >= 0.3 is 0 Å². The fourth-order valence-corrected chi connectivity index (χ4v) is 3.38. The second-order valence-corrected chi connectivity index (χ2v) is 7.70. The number of sulfone groups is 1. The van der Waals surface area contributed by atoms with Crippen molar-refractivity contribution in [2.45, 2.75) is 4.90 Å². The average Bonchev–Trinajstić information content (AvgIpc) is 3.06. The van der Waals surface area contributed by atoms with Gasteiger partial charge in [-0.25, -0.2) is 17.8 Å². The van der Waals surface area contributed by atoms with Crippen LogP contribution in [-0.4, -0.2) is 29.9 Å². The number of aromatic amines is 1. The minimum Gasteiger partial charge on any atom is -0.338 e. The zero-order chi connectivity index (χ0) is 17.6. The maximum Gasteiger partial charge on any atom is 0.175 e. The number of rotatable bonds is 3. The highest BCUT2D eigenvalue weighted by molar-refractivity contribution is 7.90. The van der Waals surface area contributed by atoms with Crippen molar-refractivity contribution < 1.29 is 12.8 Å². The lowest BCUT2D eigenvalue weighted by Crippen LogP contribution is -2.00. The first-order valence-electron chi connectivity index (χ1n) is 7.42. The fraction of sp³-hybridized carbons (Fsp3) is 0.0588. The Morgan fingerprint density at radius 3 is 2.72 bits per heavy atom. The number of benzene rings is 2. The lowest BCUT2D eigenvalue weighted by atomic mass is 10.1. The van der Waals surface area contributed by atoms with Gasteiger partial charge in [0.25, 0.3) is 0 Å². The predicted octanol–water partition coefficient (Wildman–Crippen LogP) is 3.40. The minimum absolute atomic E-state index is 0.185. The average molecular weight is 356 g/mol. The Morgan fingerprint density at radius 2 is 1.92 bits per heavy atom. The molecule has 0 saturated carbocycles. The van der Waals surface area contributed by atoms with E-state index in [-0.39, 0.29) is 10.4 Å². The van der Waals surface area contributed by atoms with Crippen molar-refractivity contribution in [3.8, 4) is 0 Å². The monoisotopic (exact) mass is 356 g/mol. The van der Waals surface area contributed by atoms with Crippen LogP contribution < -0.4 is 5.32 Å². The molecule has 4 aromatic rings. The van der Waals surface area contributed by atoms with Crippen molar-refractivity contribution in [1.29, 1.82) is 0 Å². The number of halogens is 1. The highest BCUT2D eigenvalue weighted by atomic mass is 32.2. The number of pyridine rings is 1. The lowest BCUT2D eigenvalue weighted by molar-refractivity contribution is 0.602. The molecule has 2 N–H and O–H groups in total. The lowest BCUT2D eigenvalue weighted by Gasteiger charge is -2.10. The quantitative estimate of drug-likeness (QED) is 0.587. The first kappa shape index (κ1) is 15.5. The van der Waals surface area contributed by atoms with E-state index in [0.29, 0.717) is 22.4 Å². The van der Waals surface area contributed by atoms with Gasteiger partial charge in [-0.05, 0) is 24.3 Å². The van der Waals surface area contributed by atoms with Gasteiger partial charge < -0.3 is 5.32 Å². The normalized spacial score (nSPS) is 11.9. The van der Waals surface area contributed by atoms with Crippen LogP contribution in [0.1, 0.15) is 0 Å². The summed E-state index contributed by atoms with van der Waals surface area (Å²) in [5, 5.41) is 11.3. The number of fused-ring (bicyclic) bond motifs is 3. The van der Waals surface area contributed by atoms with E-state index in [1.54, 1.807) is 30.5 Å². The van der Waals surface area contributed by atoms with E-state index in [9.17, 15) is 12.8 Å². The molecule has 0 amide bonds. The van der Waals surface area contributed by atoms with Gasteiger partial charge in [0.1, 0.15) is 16.9 Å². The Balaban J connectivity index is 1.89. The van der Waals surface area contributed by atoms with E-state index in [0.717, 1.165) is 11.6 Å². The van der Waals surface area contributed by atoms with Crippen molar-refractivity contribution >= 4 is 43.1 Å². The van der Waals surface area contributed by atoms with Crippen molar-refractivity contribution in [1.82, 2.24) is 15.2 Å². The number of hydrogen-bond donors (Lipinski definition) is 2. The summed E-state index contributed by atoms with van der Waals surface area (Å²) in [7, 11) is -3.33. The van der Waals surface area contributed by atoms with Crippen LogP contribution in [0.2, 0.25) is 0 Å². The minimum atomic E-state index is -3.33. The third-order valence-corrected chi connectivity index (χ3v) is 5.01. The summed E-state index contributed by atoms with van der Waals surface area (Å²) < 4.78 is 37.6. The van der Waals surface area contributed by atoms with E-state index >= 15 is 0 Å². The van der Waals surface area contributed by atoms with Crippen molar-refractivity contribution in [3.05, 3.63) is 54.5 Å². The summed E-state index contributed by atoms with van der Waals surface area (Å²) in [5.41, 5.74) is 1.36. The third kappa shape index (κ3) is 2.70. The smallest absolute Gasteiger partial charge is 0.175 e. The summed E-state index contributed by atoms with van der Waals surface area (Å²) in [4.78, 5) is 4.54. The number of aromatic nitrogens is 3. The molecule has 0 atom stereocenters. The largest absolute Gasteiger partial charge is 0.338 e. The van der Waals surface area contributed by atoms with Gasteiger partial charge in [0.2, 0.25) is 0 Å². The van der Waals surface area contributed by atoms with Crippen LogP contribution >= 0.6 is 0 Å². The SMILES string of the molecule is CS(=O)(=O)c1cccc(Nc2nc3c(F)cccc3c3cn[nH]c23)c1. The molecular weight excluding hydrogens is 343 g/mol. The molecule has 0 saturated heterocycles. The second kappa shape index (κ2) is 5.52. The van der Waals surface area contributed by atoms with Crippen molar-refractivity contribution in [3.63, 3.8) is 0 Å². The van der Waals surface area contributed by atoms with Crippen LogP contribution in [0, 0.1) is 5.82 Å². The molecule has 126 valence electrons. The van der Waals surface area contributed by atoms with Crippen molar-refractivity contribution in [2.75, 3.05) is 11.6 Å². The molecule has 0 aliphatic heterocycles. The van der Waals surface area contributed by atoms with Gasteiger partial charge in [0.15, 0.2) is 15.7 Å². The second-order valence-electron chi connectivity index (χ2n) is 5.68. The van der Waals surface area contributed by atoms with E-state index < -0.39 is 15.7 Å². The Labute approximate surface area is 142 Å². The number of anilines is 2. The maximum absolute atomic E-state index is 14.2. The highest BCUT2D eigenvalue weighted by Gasteiger charge is 2.14. The predicted molar refractivity (Wildman–Crippen MR) is 94.2 cm³/mol. The maximum atomic E-state index is 14.2. The zero-order valence-corrected chi connectivity index (χ0v) is 13.9. The molecule has 0 unspecified atom stereocenters. The zero-order valence-electron chi connectivity index (χ0n) is 13.1. The van der Waals surface area contributed by atoms with Crippen LogP contribution in [0.5, 0.6) is 0 Å². The molecular formula is C17H13FN4O2S. The van der Waals surface area contributed by atoms with Crippen LogP contribution in [0.4, 0.5) is 15.9 Å². The molecule has 0 aliphatic rings. The van der Waals surface area contributed by atoms with E-state index in [2.05, 4.69) is 20.5 Å². The number of H-pyrrole nitrogens is 1. The van der Waals surface area contributed by atoms with Gasteiger partial charge in [-0.1, -0.05) is 18.2 Å². The number of nitrogens with zero attached hydrogens (tertiary/aromatic N) is 2. The number of nitrogens with one attached hydrogen (secondary N) is 2. The van der Waals surface area contributed by atoms with Crippen LogP contribution in [0.3, 0.4) is 0 Å². The molecule has 2 aromatic carbocycles. The molecule has 0 aliphatic carbocycles. The van der Waals surface area contributed by atoms with Gasteiger partial charge in [-0.15, -0.1) is 0 Å². The molecule has 0 fully saturated rings. The van der Waals surface area contributed by atoms with Gasteiger partial charge in [-0.3, -0.25) is 5.10 Å². The molecule has 0 bridgehead atoms. The first-order valence-corrected chi connectivity index (χ1v) is 9.31. The summed E-state index contributed by atoms with van der Waals surface area (Å²) in [5.74, 6) is -0.0655. The standard InChI is InChI=1S/C17H13FN4O2S/c1-25(23,24)11-5-2-4-10(8-11)20-17-16-13(9-19-22-16)12-6-3-7-14(18)15(12)21-17/h2-9H,1H3,(H,19,22)(H,20,21). The van der Waals surface area contributed by atoms with Crippen LogP contribution in [0.15, 0.2) is 53.6 Å². The molecule has 4 rings (SSSR count). The molecule has 2 aromatic heterocycles. The molecule has 2 heterocycles. The molecule has 6 nitrogen and oxygen atoms in total. The molecule has 8 heteroatoms. The highest BCUT2D eigenvalue weighted by Crippen LogP contribution is 2.30. The van der Waals surface area contributed by atoms with Crippen LogP contribution in [0.25, 0.3) is 21.8 Å². The van der Waals surface area contributed by atoms with E-state index in [1.807, 2.05) is 0 Å². The summed E-state index contributed by atoms with van der Waals surface area (Å²) in [6.45, 7) is 0. The Kier molecular flexibility index (Phi) is 3.43. The topological polar surface area (TPSA) is 87.7 Å². The summed E-state index contributed by atoms with van der Waals surface area (Å²) >= 11 is 0. The molecule has 0 spiro atoms. The van der Waals surface area contributed by atoms with E-state index in [1.165, 1.54) is 18.2 Å².